The average molecular weight is 175 g/mol. The number of alkyl halides is 1. The van der Waals surface area contributed by atoms with Gasteiger partial charge in [0.05, 0.1) is 0 Å². The summed E-state index contributed by atoms with van der Waals surface area (Å²) in [6.07, 6.45) is 6.69. The molecule has 0 amide bonds. The number of hydrogen-bond donors (Lipinski definition) is 0. The fourth-order valence-corrected chi connectivity index (χ4v) is 2.37. The van der Waals surface area contributed by atoms with Crippen LogP contribution in [0.4, 0.5) is 0 Å². The summed E-state index contributed by atoms with van der Waals surface area (Å²) in [6.45, 7) is 4.54. The lowest BCUT2D eigenvalue weighted by Crippen LogP contribution is -2.21. The monoisotopic (exact) mass is 174 g/mol. The lowest BCUT2D eigenvalue weighted by Gasteiger charge is -2.29. The van der Waals surface area contributed by atoms with E-state index >= 15 is 0 Å². The molecular weight excluding hydrogens is 156 g/mol. The Morgan fingerprint density at radius 3 is 2.73 bits per heavy atom. The fourth-order valence-electron chi connectivity index (χ4n) is 2.14. The van der Waals surface area contributed by atoms with Crippen molar-refractivity contribution in [2.45, 2.75) is 51.3 Å². The number of hydrogen-bond acceptors (Lipinski definition) is 0. The van der Waals surface area contributed by atoms with E-state index in [0.29, 0.717) is 5.38 Å². The maximum atomic E-state index is 6.21. The molecular formula is C10H19Cl. The Labute approximate surface area is 75.3 Å². The van der Waals surface area contributed by atoms with Gasteiger partial charge >= 0.3 is 0 Å². The van der Waals surface area contributed by atoms with E-state index in [-0.39, 0.29) is 0 Å². The standard InChI is InChI=1S/C10H19Cl/c1-3-10(11)9-6-4-5-8(2)7-9/h8-10H,3-7H2,1-2H3. The smallest absolute Gasteiger partial charge is 0.0361 e. The van der Waals surface area contributed by atoms with Crippen LogP contribution in [0.25, 0.3) is 0 Å². The highest BCUT2D eigenvalue weighted by Gasteiger charge is 2.23. The third kappa shape index (κ3) is 2.66. The van der Waals surface area contributed by atoms with E-state index in [1.54, 1.807) is 0 Å². The molecule has 3 atom stereocenters. The molecule has 0 spiro atoms. The molecule has 0 N–H and O–H groups in total. The zero-order chi connectivity index (χ0) is 8.27. The van der Waals surface area contributed by atoms with Crippen molar-refractivity contribution in [3.8, 4) is 0 Å². The second-order valence-electron chi connectivity index (χ2n) is 3.96. The molecule has 0 aromatic heterocycles. The Hall–Kier alpha value is 0.290. The summed E-state index contributed by atoms with van der Waals surface area (Å²) >= 11 is 6.21. The molecule has 0 aliphatic heterocycles. The molecule has 66 valence electrons. The van der Waals surface area contributed by atoms with Gasteiger partial charge in [-0.15, -0.1) is 11.6 Å². The molecule has 1 rings (SSSR count). The zero-order valence-electron chi connectivity index (χ0n) is 7.65. The first-order valence-electron chi connectivity index (χ1n) is 4.88. The summed E-state index contributed by atoms with van der Waals surface area (Å²) in [5, 5.41) is 0.442. The van der Waals surface area contributed by atoms with Crippen LogP contribution in [-0.2, 0) is 0 Å². The van der Waals surface area contributed by atoms with Crippen molar-refractivity contribution >= 4 is 11.6 Å². The van der Waals surface area contributed by atoms with Gasteiger partial charge in [0.25, 0.3) is 0 Å². The first kappa shape index (κ1) is 9.38. The minimum Gasteiger partial charge on any atom is -0.123 e. The van der Waals surface area contributed by atoms with Gasteiger partial charge in [-0.25, -0.2) is 0 Å². The third-order valence-corrected chi connectivity index (χ3v) is 3.54. The SMILES string of the molecule is CCC(Cl)C1CCCC(C)C1. The zero-order valence-corrected chi connectivity index (χ0v) is 8.40. The predicted octanol–water partition coefficient (Wildman–Crippen LogP) is 3.83. The topological polar surface area (TPSA) is 0 Å². The highest BCUT2D eigenvalue weighted by atomic mass is 35.5. The Morgan fingerprint density at radius 2 is 2.18 bits per heavy atom. The molecule has 0 aromatic carbocycles. The normalized spacial score (nSPS) is 35.2. The van der Waals surface area contributed by atoms with Crippen LogP contribution in [0.3, 0.4) is 0 Å². The Bertz CT molecular complexity index is 111. The fraction of sp³-hybridized carbons (Fsp3) is 1.00. The lowest BCUT2D eigenvalue weighted by molar-refractivity contribution is 0.272. The molecule has 1 fully saturated rings. The Kier molecular flexibility index (Phi) is 3.71. The van der Waals surface area contributed by atoms with Gasteiger partial charge in [-0.2, -0.15) is 0 Å². The summed E-state index contributed by atoms with van der Waals surface area (Å²) in [4.78, 5) is 0. The van der Waals surface area contributed by atoms with Crippen LogP contribution in [0.1, 0.15) is 46.0 Å². The van der Waals surface area contributed by atoms with E-state index in [0.717, 1.165) is 18.3 Å². The van der Waals surface area contributed by atoms with E-state index in [2.05, 4.69) is 13.8 Å². The van der Waals surface area contributed by atoms with Crippen LogP contribution >= 0.6 is 11.6 Å². The molecule has 0 nitrogen and oxygen atoms in total. The minimum atomic E-state index is 0.442. The second-order valence-corrected chi connectivity index (χ2v) is 4.52. The van der Waals surface area contributed by atoms with Crippen molar-refractivity contribution in [2.75, 3.05) is 0 Å². The quantitative estimate of drug-likeness (QED) is 0.559. The summed E-state index contributed by atoms with van der Waals surface area (Å²) < 4.78 is 0. The first-order valence-corrected chi connectivity index (χ1v) is 5.31. The molecule has 0 bridgehead atoms. The van der Waals surface area contributed by atoms with Gasteiger partial charge < -0.3 is 0 Å². The van der Waals surface area contributed by atoms with Crippen LogP contribution in [-0.4, -0.2) is 5.38 Å². The van der Waals surface area contributed by atoms with Crippen molar-refractivity contribution in [1.29, 1.82) is 0 Å². The van der Waals surface area contributed by atoms with Gasteiger partial charge in [0, 0.05) is 5.38 Å². The molecule has 0 heterocycles. The Balaban J connectivity index is 2.33. The largest absolute Gasteiger partial charge is 0.123 e. The van der Waals surface area contributed by atoms with Crippen LogP contribution < -0.4 is 0 Å². The van der Waals surface area contributed by atoms with Gasteiger partial charge in [0.2, 0.25) is 0 Å². The number of rotatable bonds is 2. The van der Waals surface area contributed by atoms with Gasteiger partial charge in [-0.05, 0) is 31.1 Å². The lowest BCUT2D eigenvalue weighted by atomic mass is 9.80. The van der Waals surface area contributed by atoms with E-state index in [9.17, 15) is 0 Å². The molecule has 1 aliphatic rings. The first-order chi connectivity index (χ1) is 5.24. The molecule has 3 unspecified atom stereocenters. The summed E-state index contributed by atoms with van der Waals surface area (Å²) in [5.74, 6) is 1.73. The molecule has 1 saturated carbocycles. The maximum absolute atomic E-state index is 6.21. The van der Waals surface area contributed by atoms with Gasteiger partial charge in [0.15, 0.2) is 0 Å². The molecule has 0 aromatic rings. The minimum absolute atomic E-state index is 0.442. The van der Waals surface area contributed by atoms with E-state index in [4.69, 9.17) is 11.6 Å². The van der Waals surface area contributed by atoms with E-state index < -0.39 is 0 Å². The predicted molar refractivity (Wildman–Crippen MR) is 51.1 cm³/mol. The van der Waals surface area contributed by atoms with Crippen molar-refractivity contribution in [3.63, 3.8) is 0 Å². The molecule has 1 heteroatoms. The van der Waals surface area contributed by atoms with Gasteiger partial charge in [-0.3, -0.25) is 0 Å². The summed E-state index contributed by atoms with van der Waals surface area (Å²) in [5.41, 5.74) is 0. The molecule has 0 radical (unpaired) electrons. The van der Waals surface area contributed by atoms with Crippen molar-refractivity contribution in [2.24, 2.45) is 11.8 Å². The number of halogens is 1. The highest BCUT2D eigenvalue weighted by molar-refractivity contribution is 6.20. The average Bonchev–Trinajstić information content (AvgIpc) is 2.03. The summed E-state index contributed by atoms with van der Waals surface area (Å²) in [6, 6.07) is 0. The van der Waals surface area contributed by atoms with E-state index in [1.165, 1.54) is 25.7 Å². The van der Waals surface area contributed by atoms with Crippen LogP contribution in [0, 0.1) is 11.8 Å². The van der Waals surface area contributed by atoms with Gasteiger partial charge in [0.1, 0.15) is 0 Å². The van der Waals surface area contributed by atoms with Crippen LogP contribution in [0.15, 0.2) is 0 Å². The van der Waals surface area contributed by atoms with Crippen LogP contribution in [0.5, 0.6) is 0 Å². The van der Waals surface area contributed by atoms with Gasteiger partial charge in [-0.1, -0.05) is 26.7 Å². The molecule has 0 saturated heterocycles. The third-order valence-electron chi connectivity index (χ3n) is 2.88. The van der Waals surface area contributed by atoms with Crippen molar-refractivity contribution in [3.05, 3.63) is 0 Å². The van der Waals surface area contributed by atoms with Crippen molar-refractivity contribution in [1.82, 2.24) is 0 Å². The highest BCUT2D eigenvalue weighted by Crippen LogP contribution is 2.33. The molecule has 1 aliphatic carbocycles. The van der Waals surface area contributed by atoms with Crippen LogP contribution in [0.2, 0.25) is 0 Å². The van der Waals surface area contributed by atoms with E-state index in [1.807, 2.05) is 0 Å². The molecule has 11 heavy (non-hydrogen) atoms. The van der Waals surface area contributed by atoms with Crippen molar-refractivity contribution < 1.29 is 0 Å². The second kappa shape index (κ2) is 4.35. The summed E-state index contributed by atoms with van der Waals surface area (Å²) in [7, 11) is 0. The Morgan fingerprint density at radius 1 is 1.45 bits per heavy atom. The maximum Gasteiger partial charge on any atom is 0.0361 e.